The summed E-state index contributed by atoms with van der Waals surface area (Å²) < 4.78 is 2.30. The number of para-hydroxylation sites is 1. The molecule has 0 fully saturated rings. The van der Waals surface area contributed by atoms with E-state index in [0.29, 0.717) is 17.5 Å². The summed E-state index contributed by atoms with van der Waals surface area (Å²) in [5, 5.41) is 2.29. The van der Waals surface area contributed by atoms with E-state index in [2.05, 4.69) is 302 Å². The Kier molecular flexibility index (Phi) is 15.2. The Morgan fingerprint density at radius 1 is 0.175 bits per heavy atom. The summed E-state index contributed by atoms with van der Waals surface area (Å²) in [7, 11) is 0. The number of hydrogen-bond acceptors (Lipinski definition) is 4. The molecule has 0 unspecified atom stereocenters. The lowest BCUT2D eigenvalue weighted by molar-refractivity contribution is 1.07. The van der Waals surface area contributed by atoms with Gasteiger partial charge in [0.15, 0.2) is 17.5 Å². The van der Waals surface area contributed by atoms with Crippen LogP contribution in [0.25, 0.3) is 173 Å². The van der Waals surface area contributed by atoms with Gasteiger partial charge in [-0.05, 0) is 142 Å². The highest BCUT2D eigenvalue weighted by atomic mass is 15.0. The van der Waals surface area contributed by atoms with Crippen LogP contribution >= 0.6 is 0 Å². The molecule has 97 heavy (non-hydrogen) atoms. The second kappa shape index (κ2) is 25.5. The van der Waals surface area contributed by atoms with E-state index >= 15 is 0 Å². The normalized spacial score (nSPS) is 11.3. The van der Waals surface area contributed by atoms with E-state index in [1.165, 1.54) is 16.5 Å². The fourth-order valence-corrected chi connectivity index (χ4v) is 13.9. The molecule has 14 aromatic carbocycles. The third kappa shape index (κ3) is 11.2. The van der Waals surface area contributed by atoms with Crippen LogP contribution in [0.2, 0.25) is 0 Å². The zero-order valence-corrected chi connectivity index (χ0v) is 53.0. The van der Waals surface area contributed by atoms with E-state index in [0.717, 1.165) is 139 Å². The van der Waals surface area contributed by atoms with Gasteiger partial charge < -0.3 is 0 Å². The first-order chi connectivity index (χ1) is 48.1. The van der Waals surface area contributed by atoms with Gasteiger partial charge in [0.25, 0.3) is 0 Å². The van der Waals surface area contributed by atoms with Gasteiger partial charge in [0.05, 0.1) is 5.52 Å². The van der Waals surface area contributed by atoms with Gasteiger partial charge >= 0.3 is 0 Å². The van der Waals surface area contributed by atoms with Crippen LogP contribution < -0.4 is 0 Å². The van der Waals surface area contributed by atoms with E-state index in [1.54, 1.807) is 0 Å². The van der Waals surface area contributed by atoms with Gasteiger partial charge in [-0.25, -0.2) is 19.9 Å². The van der Waals surface area contributed by atoms with E-state index in [-0.39, 0.29) is 0 Å². The molecule has 0 spiro atoms. The molecule has 0 radical (unpaired) electrons. The highest BCUT2D eigenvalue weighted by molar-refractivity contribution is 6.15. The number of pyridine rings is 1. The molecular weight excluding hydrogens is 1180 g/mol. The Morgan fingerprint density at radius 3 is 0.742 bits per heavy atom. The first-order valence-corrected chi connectivity index (χ1v) is 32.9. The average Bonchev–Trinajstić information content (AvgIpc) is 1.74. The van der Waals surface area contributed by atoms with Crippen molar-refractivity contribution < 1.29 is 0 Å². The molecule has 3 heterocycles. The molecular formula is C92H61N5. The number of rotatable bonds is 14. The predicted molar refractivity (Wildman–Crippen MR) is 403 cm³/mol. The minimum absolute atomic E-state index is 0.626. The van der Waals surface area contributed by atoms with Crippen molar-refractivity contribution in [2.24, 2.45) is 0 Å². The van der Waals surface area contributed by atoms with Crippen LogP contribution in [0.15, 0.2) is 370 Å². The maximum absolute atomic E-state index is 5.00. The molecule has 0 N–H and O–H groups in total. The summed E-state index contributed by atoms with van der Waals surface area (Å²) in [6, 6.07) is 131. The monoisotopic (exact) mass is 1240 g/mol. The van der Waals surface area contributed by atoms with Crippen LogP contribution in [0.1, 0.15) is 0 Å². The van der Waals surface area contributed by atoms with Gasteiger partial charge in [-0.15, -0.1) is 0 Å². The first kappa shape index (κ1) is 57.9. The van der Waals surface area contributed by atoms with Gasteiger partial charge in [0.1, 0.15) is 5.65 Å². The highest BCUT2D eigenvalue weighted by Gasteiger charge is 2.30. The molecule has 5 heteroatoms. The predicted octanol–water partition coefficient (Wildman–Crippen LogP) is 24.0. The summed E-state index contributed by atoms with van der Waals surface area (Å²) in [4.78, 5) is 19.9. The smallest absolute Gasteiger partial charge is 0.164 e. The summed E-state index contributed by atoms with van der Waals surface area (Å²) in [5.74, 6) is 1.90. The summed E-state index contributed by atoms with van der Waals surface area (Å²) >= 11 is 0. The average molecular weight is 1240 g/mol. The number of nitrogens with zero attached hydrogens (tertiary/aromatic N) is 5. The summed E-state index contributed by atoms with van der Waals surface area (Å²) in [6.45, 7) is 0. The van der Waals surface area contributed by atoms with Crippen molar-refractivity contribution >= 4 is 21.9 Å². The van der Waals surface area contributed by atoms with Crippen molar-refractivity contribution in [2.75, 3.05) is 0 Å². The molecule has 17 aromatic rings. The van der Waals surface area contributed by atoms with Crippen LogP contribution in [0, 0.1) is 0 Å². The fourth-order valence-electron chi connectivity index (χ4n) is 13.9. The lowest BCUT2D eigenvalue weighted by atomic mass is 9.74. The first-order valence-electron chi connectivity index (χ1n) is 32.9. The SMILES string of the molecule is c1ccc(-c2ccc(-c3c(-c4ccccc4)c(-c4ccccc4)c(-c4ccc(-c5ccccc5)cc4)c(-c4ccc(-n5c6ccccc6c6cccnc65)cc4)c3-c3ccc(-c4ccc(-c5ccc(-c6nc(-c7ccccc7)nc(-c7ccccc7)n6)cc5)cc4)cc3)cc2)cc1. The van der Waals surface area contributed by atoms with Gasteiger partial charge in [0.2, 0.25) is 0 Å². The molecule has 0 atom stereocenters. The van der Waals surface area contributed by atoms with Crippen LogP contribution in [0.3, 0.4) is 0 Å². The largest absolute Gasteiger partial charge is 0.294 e. The minimum atomic E-state index is 0.626. The lowest BCUT2D eigenvalue weighted by Gasteiger charge is -2.29. The van der Waals surface area contributed by atoms with Gasteiger partial charge in [-0.3, -0.25) is 4.57 Å². The van der Waals surface area contributed by atoms with Crippen molar-refractivity contribution in [1.82, 2.24) is 24.5 Å². The van der Waals surface area contributed by atoms with Crippen LogP contribution in [0.4, 0.5) is 0 Å². The Labute approximate surface area is 564 Å². The Balaban J connectivity index is 0.846. The van der Waals surface area contributed by atoms with E-state index in [9.17, 15) is 0 Å². The number of hydrogen-bond donors (Lipinski definition) is 0. The number of aromatic nitrogens is 5. The van der Waals surface area contributed by atoms with Crippen molar-refractivity contribution in [3.05, 3.63) is 370 Å². The molecule has 0 bridgehead atoms. The Morgan fingerprint density at radius 2 is 0.402 bits per heavy atom. The van der Waals surface area contributed by atoms with Crippen molar-refractivity contribution in [3.8, 4) is 151 Å². The Hall–Kier alpha value is -13.0. The Bertz CT molecular complexity index is 5520. The quantitative estimate of drug-likeness (QED) is 0.109. The molecule has 0 saturated carbocycles. The topological polar surface area (TPSA) is 56.5 Å². The third-order valence-corrected chi connectivity index (χ3v) is 18.6. The van der Waals surface area contributed by atoms with E-state index in [1.807, 2.05) is 72.9 Å². The highest BCUT2D eigenvalue weighted by Crippen LogP contribution is 2.56. The van der Waals surface area contributed by atoms with E-state index in [4.69, 9.17) is 19.9 Å². The maximum atomic E-state index is 5.00. The maximum Gasteiger partial charge on any atom is 0.164 e. The van der Waals surface area contributed by atoms with Gasteiger partial charge in [-0.2, -0.15) is 0 Å². The standard InChI is InChI=1S/C92H61N5/c1-7-22-62(23-8-1)64-41-49-72(50-42-64)85-83(70-26-11-3-12-27-70)84(71-28-13-4-14-29-71)86(73-51-43-65(44-52-73)63-24-9-2-10-25-63)88(75-57-59-79(60-58-75)97-82-36-20-19-34-80(82)81-35-21-61-93-92(81)97)87(85)74-53-45-68(46-54-74)66-37-39-67(40-38-66)69-47-55-78(56-48-69)91-95-89(76-30-15-5-16-31-76)94-90(96-91)77-32-17-6-18-33-77/h1-61H. The summed E-state index contributed by atoms with van der Waals surface area (Å²) in [6.07, 6.45) is 1.89. The van der Waals surface area contributed by atoms with Crippen molar-refractivity contribution in [3.63, 3.8) is 0 Å². The molecule has 0 aliphatic rings. The third-order valence-electron chi connectivity index (χ3n) is 18.6. The molecule has 5 nitrogen and oxygen atoms in total. The second-order valence-corrected chi connectivity index (χ2v) is 24.4. The molecule has 3 aromatic heterocycles. The van der Waals surface area contributed by atoms with Gasteiger partial charge in [-0.1, -0.05) is 334 Å². The van der Waals surface area contributed by atoms with Crippen LogP contribution in [-0.4, -0.2) is 24.5 Å². The lowest BCUT2D eigenvalue weighted by Crippen LogP contribution is -2.02. The molecule has 0 aliphatic heterocycles. The molecule has 17 rings (SSSR count). The minimum Gasteiger partial charge on any atom is -0.294 e. The van der Waals surface area contributed by atoms with Crippen LogP contribution in [0.5, 0.6) is 0 Å². The van der Waals surface area contributed by atoms with E-state index < -0.39 is 0 Å². The van der Waals surface area contributed by atoms with Crippen LogP contribution in [-0.2, 0) is 0 Å². The molecule has 0 amide bonds. The second-order valence-electron chi connectivity index (χ2n) is 24.4. The zero-order valence-electron chi connectivity index (χ0n) is 53.0. The number of benzene rings is 14. The molecule has 0 aliphatic carbocycles. The summed E-state index contributed by atoms with van der Waals surface area (Å²) in [5.41, 5.74) is 28.5. The van der Waals surface area contributed by atoms with Crippen molar-refractivity contribution in [1.29, 1.82) is 0 Å². The van der Waals surface area contributed by atoms with Crippen molar-refractivity contribution in [2.45, 2.75) is 0 Å². The molecule has 0 saturated heterocycles. The zero-order chi connectivity index (χ0) is 64.4. The number of fused-ring (bicyclic) bond motifs is 3. The van der Waals surface area contributed by atoms with Gasteiger partial charge in [0, 0.05) is 39.3 Å². The molecule has 454 valence electrons. The fraction of sp³-hybridized carbons (Fsp3) is 0.